The SMILES string of the molecule is CN(C)C(=O)C1CCC(NC(=O)c2cc3cc(Cl)ccc3[nH]2)(C(=O)OC(C)(C)C)C(N)C1. The molecule has 3 rings (SSSR count). The highest BCUT2D eigenvalue weighted by Gasteiger charge is 2.52. The number of ether oxygens (including phenoxy) is 1. The van der Waals surface area contributed by atoms with Crippen molar-refractivity contribution in [3.05, 3.63) is 35.0 Å². The number of amides is 2. The van der Waals surface area contributed by atoms with E-state index < -0.39 is 29.1 Å². The molecular formula is C23H31ClN4O4. The Bertz CT molecular complexity index is 1040. The Kier molecular flexibility index (Phi) is 6.58. The Morgan fingerprint density at radius 3 is 2.53 bits per heavy atom. The maximum absolute atomic E-state index is 13.3. The van der Waals surface area contributed by atoms with Crippen molar-refractivity contribution in [2.75, 3.05) is 14.1 Å². The molecule has 1 aliphatic carbocycles. The fourth-order valence-corrected chi connectivity index (χ4v) is 4.31. The molecule has 1 aromatic heterocycles. The first-order chi connectivity index (χ1) is 14.8. The third-order valence-corrected chi connectivity index (χ3v) is 6.01. The van der Waals surface area contributed by atoms with Gasteiger partial charge in [-0.05, 0) is 64.3 Å². The van der Waals surface area contributed by atoms with Crippen LogP contribution in [0.4, 0.5) is 0 Å². The average Bonchev–Trinajstić information content (AvgIpc) is 3.10. The second-order valence-electron chi connectivity index (χ2n) is 9.65. The highest BCUT2D eigenvalue weighted by molar-refractivity contribution is 6.31. The average molecular weight is 463 g/mol. The molecule has 0 aliphatic heterocycles. The topological polar surface area (TPSA) is 118 Å². The second kappa shape index (κ2) is 8.75. The van der Waals surface area contributed by atoms with E-state index in [4.69, 9.17) is 22.1 Å². The number of hydrogen-bond donors (Lipinski definition) is 3. The lowest BCUT2D eigenvalue weighted by Crippen LogP contribution is -2.68. The van der Waals surface area contributed by atoms with E-state index in [1.165, 1.54) is 4.90 Å². The predicted molar refractivity (Wildman–Crippen MR) is 123 cm³/mol. The summed E-state index contributed by atoms with van der Waals surface area (Å²) in [5.41, 5.74) is 5.29. The molecule has 9 heteroatoms. The third-order valence-electron chi connectivity index (χ3n) is 5.78. The molecule has 32 heavy (non-hydrogen) atoms. The minimum Gasteiger partial charge on any atom is -0.458 e. The number of benzene rings is 1. The molecule has 3 atom stereocenters. The molecule has 8 nitrogen and oxygen atoms in total. The largest absolute Gasteiger partial charge is 0.458 e. The van der Waals surface area contributed by atoms with E-state index in [1.807, 2.05) is 0 Å². The summed E-state index contributed by atoms with van der Waals surface area (Å²) in [7, 11) is 3.38. The first-order valence-corrected chi connectivity index (χ1v) is 11.0. The molecular weight excluding hydrogens is 432 g/mol. The Morgan fingerprint density at radius 1 is 1.25 bits per heavy atom. The summed E-state index contributed by atoms with van der Waals surface area (Å²) in [6.45, 7) is 5.28. The predicted octanol–water partition coefficient (Wildman–Crippen LogP) is 2.85. The Hall–Kier alpha value is -2.58. The highest BCUT2D eigenvalue weighted by Crippen LogP contribution is 2.35. The maximum atomic E-state index is 13.3. The van der Waals surface area contributed by atoms with Gasteiger partial charge in [0.1, 0.15) is 11.3 Å². The molecule has 4 N–H and O–H groups in total. The minimum atomic E-state index is -1.44. The van der Waals surface area contributed by atoms with Crippen molar-refractivity contribution in [1.29, 1.82) is 0 Å². The van der Waals surface area contributed by atoms with E-state index in [2.05, 4.69) is 10.3 Å². The van der Waals surface area contributed by atoms with Crippen molar-refractivity contribution in [2.45, 2.75) is 57.2 Å². The lowest BCUT2D eigenvalue weighted by Gasteiger charge is -2.44. The number of hydrogen-bond acceptors (Lipinski definition) is 5. The van der Waals surface area contributed by atoms with E-state index >= 15 is 0 Å². The molecule has 1 aromatic carbocycles. The van der Waals surface area contributed by atoms with Gasteiger partial charge in [-0.25, -0.2) is 4.79 Å². The Morgan fingerprint density at radius 2 is 1.94 bits per heavy atom. The number of H-pyrrole nitrogens is 1. The highest BCUT2D eigenvalue weighted by atomic mass is 35.5. The van der Waals surface area contributed by atoms with Crippen molar-refractivity contribution in [3.8, 4) is 0 Å². The van der Waals surface area contributed by atoms with Gasteiger partial charge in [0.15, 0.2) is 5.54 Å². The van der Waals surface area contributed by atoms with Crippen LogP contribution in [0.1, 0.15) is 50.5 Å². The minimum absolute atomic E-state index is 0.0444. The van der Waals surface area contributed by atoms with Crippen molar-refractivity contribution in [3.63, 3.8) is 0 Å². The van der Waals surface area contributed by atoms with Crippen LogP contribution < -0.4 is 11.1 Å². The number of halogens is 1. The number of esters is 1. The smallest absolute Gasteiger partial charge is 0.334 e. The molecule has 1 aliphatic rings. The van der Waals surface area contributed by atoms with Crippen molar-refractivity contribution >= 4 is 40.3 Å². The van der Waals surface area contributed by atoms with Crippen molar-refractivity contribution in [2.24, 2.45) is 11.7 Å². The maximum Gasteiger partial charge on any atom is 0.334 e. The molecule has 1 fully saturated rings. The van der Waals surface area contributed by atoms with Crippen LogP contribution in [-0.2, 0) is 14.3 Å². The van der Waals surface area contributed by atoms with E-state index in [0.29, 0.717) is 11.4 Å². The van der Waals surface area contributed by atoms with E-state index in [-0.39, 0.29) is 30.4 Å². The molecule has 0 radical (unpaired) electrons. The number of nitrogens with one attached hydrogen (secondary N) is 2. The van der Waals surface area contributed by atoms with Crippen LogP contribution >= 0.6 is 11.6 Å². The van der Waals surface area contributed by atoms with E-state index in [1.54, 1.807) is 59.1 Å². The van der Waals surface area contributed by atoms with Crippen LogP contribution in [-0.4, -0.2) is 58.9 Å². The molecule has 174 valence electrons. The fraction of sp³-hybridized carbons (Fsp3) is 0.522. The molecule has 0 bridgehead atoms. The molecule has 0 spiro atoms. The number of aromatic amines is 1. The summed E-state index contributed by atoms with van der Waals surface area (Å²) in [5, 5.41) is 4.19. The Labute approximate surface area is 192 Å². The van der Waals surface area contributed by atoms with E-state index in [9.17, 15) is 14.4 Å². The lowest BCUT2D eigenvalue weighted by atomic mass is 9.72. The van der Waals surface area contributed by atoms with Gasteiger partial charge < -0.3 is 25.7 Å². The van der Waals surface area contributed by atoms with Crippen LogP contribution in [0.3, 0.4) is 0 Å². The van der Waals surface area contributed by atoms with Gasteiger partial charge >= 0.3 is 5.97 Å². The van der Waals surface area contributed by atoms with Crippen LogP contribution in [0.15, 0.2) is 24.3 Å². The number of nitrogens with zero attached hydrogens (tertiary/aromatic N) is 1. The fourth-order valence-electron chi connectivity index (χ4n) is 4.13. The van der Waals surface area contributed by atoms with Gasteiger partial charge in [0, 0.05) is 42.0 Å². The molecule has 1 saturated carbocycles. The number of carbonyl (C=O) groups excluding carboxylic acids is 3. The molecule has 1 heterocycles. The van der Waals surface area contributed by atoms with Gasteiger partial charge in [-0.3, -0.25) is 9.59 Å². The molecule has 2 aromatic rings. The zero-order chi connectivity index (χ0) is 23.8. The van der Waals surface area contributed by atoms with Gasteiger partial charge in [0.2, 0.25) is 5.91 Å². The molecule has 2 amide bonds. The van der Waals surface area contributed by atoms with Crippen LogP contribution in [0, 0.1) is 5.92 Å². The second-order valence-corrected chi connectivity index (χ2v) is 10.1. The monoisotopic (exact) mass is 462 g/mol. The molecule has 3 unspecified atom stereocenters. The van der Waals surface area contributed by atoms with Crippen LogP contribution in [0.2, 0.25) is 5.02 Å². The summed E-state index contributed by atoms with van der Waals surface area (Å²) in [6, 6.07) is 6.14. The zero-order valence-corrected chi connectivity index (χ0v) is 19.9. The van der Waals surface area contributed by atoms with Gasteiger partial charge in [-0.15, -0.1) is 0 Å². The first-order valence-electron chi connectivity index (χ1n) is 10.6. The number of nitrogens with two attached hydrogens (primary N) is 1. The normalized spacial score (nSPS) is 23.6. The first kappa shape index (κ1) is 24.1. The number of rotatable bonds is 4. The summed E-state index contributed by atoms with van der Waals surface area (Å²) in [5.74, 6) is -1.43. The van der Waals surface area contributed by atoms with Gasteiger partial charge in [0.05, 0.1) is 0 Å². The quantitative estimate of drug-likeness (QED) is 0.604. The number of carbonyl (C=O) groups is 3. The van der Waals surface area contributed by atoms with Crippen molar-refractivity contribution in [1.82, 2.24) is 15.2 Å². The molecule has 0 saturated heterocycles. The third kappa shape index (κ3) is 4.91. The van der Waals surface area contributed by atoms with Gasteiger partial charge in [0.25, 0.3) is 5.91 Å². The van der Waals surface area contributed by atoms with Gasteiger partial charge in [-0.2, -0.15) is 0 Å². The van der Waals surface area contributed by atoms with E-state index in [0.717, 1.165) is 10.9 Å². The summed E-state index contributed by atoms with van der Waals surface area (Å²) >= 11 is 6.05. The number of fused-ring (bicyclic) bond motifs is 1. The standard InChI is InChI=1S/C23H31ClN4O4/c1-22(2,3)32-21(31)23(9-8-13(12-18(23)25)20(30)28(4)5)27-19(29)17-11-14-10-15(24)6-7-16(14)26-17/h6-7,10-11,13,18,26H,8-9,12,25H2,1-5H3,(H,27,29). The van der Waals surface area contributed by atoms with Crippen LogP contribution in [0.5, 0.6) is 0 Å². The summed E-state index contributed by atoms with van der Waals surface area (Å²) < 4.78 is 5.65. The number of aromatic nitrogens is 1. The lowest BCUT2D eigenvalue weighted by molar-refractivity contribution is -0.166. The summed E-state index contributed by atoms with van der Waals surface area (Å²) in [6.07, 6.45) is 0.872. The zero-order valence-electron chi connectivity index (χ0n) is 19.1. The van der Waals surface area contributed by atoms with Crippen LogP contribution in [0.25, 0.3) is 10.9 Å². The van der Waals surface area contributed by atoms with Crippen molar-refractivity contribution < 1.29 is 19.1 Å². The summed E-state index contributed by atoms with van der Waals surface area (Å²) in [4.78, 5) is 43.5. The Balaban J connectivity index is 1.91. The van der Waals surface area contributed by atoms with Gasteiger partial charge in [-0.1, -0.05) is 11.6 Å².